The second-order valence-electron chi connectivity index (χ2n) is 3.90. The van der Waals surface area contributed by atoms with Gasteiger partial charge in [-0.05, 0) is 25.1 Å². The lowest BCUT2D eigenvalue weighted by atomic mass is 10.2. The van der Waals surface area contributed by atoms with Gasteiger partial charge in [0, 0.05) is 11.1 Å². The average Bonchev–Trinajstić information content (AvgIpc) is 2.96. The summed E-state index contributed by atoms with van der Waals surface area (Å²) in [5.41, 5.74) is 1.59. The molecular formula is C12H10N4O2. The maximum atomic E-state index is 11.8. The number of carbonyl (C=O) groups is 1. The first kappa shape index (κ1) is 10.5. The molecule has 1 aromatic carbocycles. The van der Waals surface area contributed by atoms with E-state index >= 15 is 0 Å². The Bertz CT molecular complexity index is 714. The Kier molecular flexibility index (Phi) is 2.33. The summed E-state index contributed by atoms with van der Waals surface area (Å²) in [5, 5.41) is 10.4. The number of anilines is 1. The molecule has 2 aromatic heterocycles. The lowest BCUT2D eigenvalue weighted by Gasteiger charge is -2.02. The van der Waals surface area contributed by atoms with E-state index in [1.165, 1.54) is 6.20 Å². The molecule has 90 valence electrons. The van der Waals surface area contributed by atoms with Crippen molar-refractivity contribution in [1.29, 1.82) is 0 Å². The molecule has 18 heavy (non-hydrogen) atoms. The highest BCUT2D eigenvalue weighted by Crippen LogP contribution is 2.17. The number of amides is 1. The molecule has 2 N–H and O–H groups in total. The molecule has 3 aromatic rings. The van der Waals surface area contributed by atoms with Gasteiger partial charge in [0.15, 0.2) is 0 Å². The third kappa shape index (κ3) is 1.84. The standard InChI is InChI=1S/C12H10N4O2/c1-7-5-13-12(18-7)11(17)15-9-2-3-10-8(4-9)6-14-16-10/h2-6H,1H3,(H,14,16)(H,15,17). The largest absolute Gasteiger partial charge is 0.438 e. The quantitative estimate of drug-likeness (QED) is 0.720. The Morgan fingerprint density at radius 2 is 2.28 bits per heavy atom. The highest BCUT2D eigenvalue weighted by Gasteiger charge is 2.12. The third-order valence-corrected chi connectivity index (χ3v) is 2.51. The van der Waals surface area contributed by atoms with Crippen LogP contribution in [0.2, 0.25) is 0 Å². The minimum atomic E-state index is -0.369. The number of oxazole rings is 1. The van der Waals surface area contributed by atoms with Crippen LogP contribution >= 0.6 is 0 Å². The van der Waals surface area contributed by atoms with Crippen molar-refractivity contribution < 1.29 is 9.21 Å². The summed E-state index contributed by atoms with van der Waals surface area (Å²) >= 11 is 0. The number of aromatic nitrogens is 3. The third-order valence-electron chi connectivity index (χ3n) is 2.51. The van der Waals surface area contributed by atoms with Crippen molar-refractivity contribution in [2.75, 3.05) is 5.32 Å². The number of rotatable bonds is 2. The molecule has 0 fully saturated rings. The van der Waals surface area contributed by atoms with E-state index in [-0.39, 0.29) is 11.8 Å². The number of aryl methyl sites for hydroxylation is 1. The predicted molar refractivity (Wildman–Crippen MR) is 65.3 cm³/mol. The summed E-state index contributed by atoms with van der Waals surface area (Å²) in [5.74, 6) is 0.288. The van der Waals surface area contributed by atoms with Crippen LogP contribution in [0.1, 0.15) is 16.4 Å². The molecule has 0 radical (unpaired) electrons. The van der Waals surface area contributed by atoms with E-state index in [1.54, 1.807) is 19.2 Å². The fourth-order valence-corrected chi connectivity index (χ4v) is 1.66. The van der Waals surface area contributed by atoms with E-state index in [0.29, 0.717) is 11.4 Å². The fraction of sp³-hybridized carbons (Fsp3) is 0.0833. The molecule has 0 bridgehead atoms. The van der Waals surface area contributed by atoms with Crippen molar-refractivity contribution in [3.63, 3.8) is 0 Å². The molecule has 3 rings (SSSR count). The van der Waals surface area contributed by atoms with Crippen LogP contribution in [0.15, 0.2) is 35.0 Å². The smallest absolute Gasteiger partial charge is 0.311 e. The summed E-state index contributed by atoms with van der Waals surface area (Å²) in [6.45, 7) is 1.74. The normalized spacial score (nSPS) is 10.7. The van der Waals surface area contributed by atoms with Gasteiger partial charge in [-0.1, -0.05) is 0 Å². The van der Waals surface area contributed by atoms with Crippen molar-refractivity contribution in [3.05, 3.63) is 42.2 Å². The average molecular weight is 242 g/mol. The van der Waals surface area contributed by atoms with Gasteiger partial charge in [-0.3, -0.25) is 9.89 Å². The van der Waals surface area contributed by atoms with Gasteiger partial charge < -0.3 is 9.73 Å². The van der Waals surface area contributed by atoms with Crippen molar-refractivity contribution in [2.24, 2.45) is 0 Å². The van der Waals surface area contributed by atoms with Gasteiger partial charge in [-0.25, -0.2) is 4.98 Å². The fourth-order valence-electron chi connectivity index (χ4n) is 1.66. The molecule has 0 unspecified atom stereocenters. The van der Waals surface area contributed by atoms with Gasteiger partial charge in [0.05, 0.1) is 17.9 Å². The van der Waals surface area contributed by atoms with Gasteiger partial charge in [0.25, 0.3) is 5.89 Å². The van der Waals surface area contributed by atoms with E-state index in [1.807, 2.05) is 12.1 Å². The summed E-state index contributed by atoms with van der Waals surface area (Å²) in [4.78, 5) is 15.7. The maximum absolute atomic E-state index is 11.8. The van der Waals surface area contributed by atoms with Crippen LogP contribution in [0.4, 0.5) is 5.69 Å². The Morgan fingerprint density at radius 3 is 3.06 bits per heavy atom. The van der Waals surface area contributed by atoms with Gasteiger partial charge >= 0.3 is 5.91 Å². The molecule has 0 atom stereocenters. The van der Waals surface area contributed by atoms with Crippen LogP contribution in [0.5, 0.6) is 0 Å². The second kappa shape index (κ2) is 3.99. The molecule has 0 aliphatic rings. The SMILES string of the molecule is Cc1cnc(C(=O)Nc2ccc3[nH]ncc3c2)o1. The van der Waals surface area contributed by atoms with E-state index in [0.717, 1.165) is 10.9 Å². The number of H-pyrrole nitrogens is 1. The van der Waals surface area contributed by atoms with Gasteiger partial charge in [0.2, 0.25) is 0 Å². The van der Waals surface area contributed by atoms with Crippen LogP contribution in [0.3, 0.4) is 0 Å². The zero-order valence-corrected chi connectivity index (χ0v) is 9.60. The molecule has 0 saturated carbocycles. The van der Waals surface area contributed by atoms with Crippen LogP contribution in [-0.2, 0) is 0 Å². The zero-order valence-electron chi connectivity index (χ0n) is 9.60. The molecule has 0 spiro atoms. The predicted octanol–water partition coefficient (Wildman–Crippen LogP) is 2.11. The van der Waals surface area contributed by atoms with Gasteiger partial charge in [-0.2, -0.15) is 5.10 Å². The number of nitrogens with zero attached hydrogens (tertiary/aromatic N) is 2. The first-order valence-electron chi connectivity index (χ1n) is 5.39. The van der Waals surface area contributed by atoms with Crippen molar-refractivity contribution in [2.45, 2.75) is 6.92 Å². The van der Waals surface area contributed by atoms with E-state index in [4.69, 9.17) is 4.42 Å². The Balaban J connectivity index is 1.85. The van der Waals surface area contributed by atoms with Crippen molar-refractivity contribution in [1.82, 2.24) is 15.2 Å². The van der Waals surface area contributed by atoms with E-state index < -0.39 is 0 Å². The molecule has 1 amide bonds. The number of benzene rings is 1. The number of hydrogen-bond donors (Lipinski definition) is 2. The molecule has 0 aliphatic heterocycles. The molecule has 6 heteroatoms. The monoisotopic (exact) mass is 242 g/mol. The molecule has 2 heterocycles. The van der Waals surface area contributed by atoms with Crippen molar-refractivity contribution in [3.8, 4) is 0 Å². The first-order valence-corrected chi connectivity index (χ1v) is 5.39. The zero-order chi connectivity index (χ0) is 12.5. The first-order chi connectivity index (χ1) is 8.72. The second-order valence-corrected chi connectivity index (χ2v) is 3.90. The summed E-state index contributed by atoms with van der Waals surface area (Å²) in [6.07, 6.45) is 3.20. The highest BCUT2D eigenvalue weighted by atomic mass is 16.4. The minimum Gasteiger partial charge on any atom is -0.438 e. The molecule has 0 saturated heterocycles. The van der Waals surface area contributed by atoms with Crippen LogP contribution < -0.4 is 5.32 Å². The Hall–Kier alpha value is -2.63. The molecule has 0 aliphatic carbocycles. The Morgan fingerprint density at radius 1 is 1.39 bits per heavy atom. The van der Waals surface area contributed by atoms with Gasteiger partial charge in [0.1, 0.15) is 5.76 Å². The summed E-state index contributed by atoms with van der Waals surface area (Å²) in [6, 6.07) is 5.46. The topological polar surface area (TPSA) is 83.8 Å². The maximum Gasteiger partial charge on any atom is 0.311 e. The lowest BCUT2D eigenvalue weighted by molar-refractivity contribution is 0.0989. The number of hydrogen-bond acceptors (Lipinski definition) is 4. The lowest BCUT2D eigenvalue weighted by Crippen LogP contribution is -2.11. The number of carbonyl (C=O) groups excluding carboxylic acids is 1. The number of fused-ring (bicyclic) bond motifs is 1. The Labute approximate surface area is 102 Å². The van der Waals surface area contributed by atoms with Crippen LogP contribution in [-0.4, -0.2) is 21.1 Å². The van der Waals surface area contributed by atoms with E-state index in [2.05, 4.69) is 20.5 Å². The number of nitrogens with one attached hydrogen (secondary N) is 2. The molecule has 6 nitrogen and oxygen atoms in total. The summed E-state index contributed by atoms with van der Waals surface area (Å²) in [7, 11) is 0. The van der Waals surface area contributed by atoms with Gasteiger partial charge in [-0.15, -0.1) is 0 Å². The minimum absolute atomic E-state index is 0.0554. The summed E-state index contributed by atoms with van der Waals surface area (Å²) < 4.78 is 5.15. The van der Waals surface area contributed by atoms with Crippen LogP contribution in [0, 0.1) is 6.92 Å². The highest BCUT2D eigenvalue weighted by molar-refractivity contribution is 6.02. The molecular weight excluding hydrogens is 232 g/mol. The van der Waals surface area contributed by atoms with E-state index in [9.17, 15) is 4.79 Å². The van der Waals surface area contributed by atoms with Crippen molar-refractivity contribution >= 4 is 22.5 Å². The number of aromatic amines is 1. The van der Waals surface area contributed by atoms with Crippen LogP contribution in [0.25, 0.3) is 10.9 Å².